The van der Waals surface area contributed by atoms with Crippen LogP contribution in [0.2, 0.25) is 0 Å². The summed E-state index contributed by atoms with van der Waals surface area (Å²) in [6, 6.07) is 0. The average molecular weight is 445 g/mol. The lowest BCUT2D eigenvalue weighted by atomic mass is 9.98. The molecule has 0 aliphatic rings. The molecule has 0 unspecified atom stereocenters. The third-order valence-electron chi connectivity index (χ3n) is 3.94. The summed E-state index contributed by atoms with van der Waals surface area (Å²) in [5.41, 5.74) is -1.85. The van der Waals surface area contributed by atoms with Crippen LogP contribution in [0, 0.1) is 0 Å². The minimum absolute atomic E-state index is 0.0859. The minimum atomic E-state index is -0.642. The van der Waals surface area contributed by atoms with Crippen LogP contribution in [0.3, 0.4) is 0 Å². The number of alkyl carbamates (subject to hydrolysis) is 2. The third kappa shape index (κ3) is 15.9. The summed E-state index contributed by atoms with van der Waals surface area (Å²) in [6.45, 7) is 14.8. The maximum atomic E-state index is 12.2. The Morgan fingerprint density at radius 3 is 1.48 bits per heavy atom. The van der Waals surface area contributed by atoms with Crippen molar-refractivity contribution < 1.29 is 28.7 Å². The molecule has 0 heterocycles. The lowest BCUT2D eigenvalue weighted by Crippen LogP contribution is -2.53. The highest BCUT2D eigenvalue weighted by atomic mass is 16.6. The van der Waals surface area contributed by atoms with Crippen molar-refractivity contribution >= 4 is 24.0 Å². The molecular weight excluding hydrogens is 404 g/mol. The molecule has 10 nitrogen and oxygen atoms in total. The second-order valence-electron chi connectivity index (χ2n) is 9.60. The van der Waals surface area contributed by atoms with Gasteiger partial charge >= 0.3 is 12.2 Å². The van der Waals surface area contributed by atoms with Crippen molar-refractivity contribution in [3.05, 3.63) is 0 Å². The van der Waals surface area contributed by atoms with Crippen LogP contribution in [0.25, 0.3) is 0 Å². The number of nitrogens with one attached hydrogen (secondary N) is 4. The molecule has 4 N–H and O–H groups in total. The quantitative estimate of drug-likeness (QED) is 0.408. The van der Waals surface area contributed by atoms with E-state index in [2.05, 4.69) is 21.3 Å². The Hall–Kier alpha value is -2.52. The topological polar surface area (TPSA) is 135 Å². The highest BCUT2D eigenvalue weighted by molar-refractivity contribution is 5.79. The van der Waals surface area contributed by atoms with Gasteiger partial charge in [-0.2, -0.15) is 0 Å². The van der Waals surface area contributed by atoms with Gasteiger partial charge in [0.2, 0.25) is 11.8 Å². The van der Waals surface area contributed by atoms with Crippen LogP contribution in [0.4, 0.5) is 9.59 Å². The normalized spacial score (nSPS) is 13.4. The molecule has 0 aromatic carbocycles. The molecule has 0 fully saturated rings. The number of amides is 4. The maximum Gasteiger partial charge on any atom is 0.407 e. The SMILES string of the molecule is CC[C@](C)(CNC(=O)CCNC(=O)OC(C)(C)C)NC(=O)CCNC(=O)OC(C)(C)C. The number of hydrogen-bond donors (Lipinski definition) is 4. The van der Waals surface area contributed by atoms with E-state index in [9.17, 15) is 19.2 Å². The van der Waals surface area contributed by atoms with Gasteiger partial charge in [0.15, 0.2) is 0 Å². The Balaban J connectivity index is 4.26. The number of hydrogen-bond acceptors (Lipinski definition) is 6. The van der Waals surface area contributed by atoms with Crippen LogP contribution in [0.15, 0.2) is 0 Å². The van der Waals surface area contributed by atoms with E-state index in [1.807, 2.05) is 13.8 Å². The van der Waals surface area contributed by atoms with Gasteiger partial charge in [0.25, 0.3) is 0 Å². The largest absolute Gasteiger partial charge is 0.444 e. The van der Waals surface area contributed by atoms with Crippen LogP contribution >= 0.6 is 0 Å². The summed E-state index contributed by atoms with van der Waals surface area (Å²) < 4.78 is 10.2. The molecule has 0 aromatic heterocycles. The molecular formula is C21H40N4O6. The second kappa shape index (κ2) is 12.4. The van der Waals surface area contributed by atoms with Gasteiger partial charge in [-0.15, -0.1) is 0 Å². The first-order chi connectivity index (χ1) is 14.1. The molecule has 0 aliphatic carbocycles. The molecule has 0 saturated heterocycles. The van der Waals surface area contributed by atoms with E-state index in [1.165, 1.54) is 0 Å². The molecule has 31 heavy (non-hydrogen) atoms. The Morgan fingerprint density at radius 1 is 0.677 bits per heavy atom. The molecule has 0 aliphatic heterocycles. The first-order valence-electron chi connectivity index (χ1n) is 10.6. The summed E-state index contributed by atoms with van der Waals surface area (Å²) in [6.07, 6.45) is -0.388. The Morgan fingerprint density at radius 2 is 1.10 bits per heavy atom. The molecule has 0 saturated carbocycles. The summed E-state index contributed by atoms with van der Waals surface area (Å²) in [5, 5.41) is 10.7. The van der Waals surface area contributed by atoms with Crippen molar-refractivity contribution in [2.45, 2.75) is 91.4 Å². The fraction of sp³-hybridized carbons (Fsp3) is 0.810. The van der Waals surface area contributed by atoms with Crippen molar-refractivity contribution in [3.8, 4) is 0 Å². The molecule has 10 heteroatoms. The van der Waals surface area contributed by atoms with Gasteiger partial charge < -0.3 is 30.7 Å². The lowest BCUT2D eigenvalue weighted by molar-refractivity contribution is -0.124. The smallest absolute Gasteiger partial charge is 0.407 e. The van der Waals surface area contributed by atoms with Gasteiger partial charge in [0, 0.05) is 32.5 Å². The number of rotatable bonds is 10. The second-order valence-corrected chi connectivity index (χ2v) is 9.60. The minimum Gasteiger partial charge on any atom is -0.444 e. The fourth-order valence-corrected chi connectivity index (χ4v) is 2.22. The van der Waals surface area contributed by atoms with Gasteiger partial charge in [-0.3, -0.25) is 9.59 Å². The van der Waals surface area contributed by atoms with Gasteiger partial charge in [0.05, 0.1) is 5.54 Å². The first-order valence-corrected chi connectivity index (χ1v) is 10.6. The summed E-state index contributed by atoms with van der Waals surface area (Å²) in [4.78, 5) is 47.4. The van der Waals surface area contributed by atoms with Gasteiger partial charge in [-0.25, -0.2) is 9.59 Å². The fourth-order valence-electron chi connectivity index (χ4n) is 2.22. The molecule has 180 valence electrons. The molecule has 0 spiro atoms. The number of ether oxygens (including phenoxy) is 2. The van der Waals surface area contributed by atoms with Crippen molar-refractivity contribution in [2.75, 3.05) is 19.6 Å². The predicted octanol–water partition coefficient (Wildman–Crippen LogP) is 2.22. The van der Waals surface area contributed by atoms with Crippen LogP contribution < -0.4 is 21.3 Å². The molecule has 0 rings (SSSR count). The Kier molecular flexibility index (Phi) is 11.4. The van der Waals surface area contributed by atoms with E-state index in [4.69, 9.17) is 9.47 Å². The van der Waals surface area contributed by atoms with E-state index < -0.39 is 28.9 Å². The van der Waals surface area contributed by atoms with Crippen molar-refractivity contribution in [3.63, 3.8) is 0 Å². The molecule has 0 radical (unpaired) electrons. The zero-order chi connectivity index (χ0) is 24.3. The zero-order valence-electron chi connectivity index (χ0n) is 20.2. The molecule has 0 bridgehead atoms. The highest BCUT2D eigenvalue weighted by Gasteiger charge is 2.25. The molecule has 4 amide bonds. The molecule has 1 atom stereocenters. The van der Waals surface area contributed by atoms with E-state index in [-0.39, 0.29) is 44.3 Å². The van der Waals surface area contributed by atoms with Crippen LogP contribution in [0.5, 0.6) is 0 Å². The van der Waals surface area contributed by atoms with E-state index in [0.717, 1.165) is 0 Å². The van der Waals surface area contributed by atoms with E-state index in [1.54, 1.807) is 41.5 Å². The van der Waals surface area contributed by atoms with E-state index in [0.29, 0.717) is 6.42 Å². The van der Waals surface area contributed by atoms with Crippen molar-refractivity contribution in [2.24, 2.45) is 0 Å². The Bertz CT molecular complexity index is 624. The van der Waals surface area contributed by atoms with Crippen molar-refractivity contribution in [1.29, 1.82) is 0 Å². The third-order valence-corrected chi connectivity index (χ3v) is 3.94. The van der Waals surface area contributed by atoms with Crippen LogP contribution in [-0.2, 0) is 19.1 Å². The molecule has 0 aromatic rings. The average Bonchev–Trinajstić information content (AvgIpc) is 2.56. The van der Waals surface area contributed by atoms with Crippen LogP contribution in [-0.4, -0.2) is 60.4 Å². The first kappa shape index (κ1) is 28.5. The standard InChI is InChI=1S/C21H40N4O6/c1-9-21(8,25-16(27)11-13-23-18(29)31-20(5,6)7)14-24-15(26)10-12-22-17(28)30-19(2,3)4/h9-14H2,1-8H3,(H,22,28)(H,23,29)(H,24,26)(H,25,27)/t21-/m1/s1. The predicted molar refractivity (Wildman–Crippen MR) is 118 cm³/mol. The maximum absolute atomic E-state index is 12.2. The van der Waals surface area contributed by atoms with Gasteiger partial charge in [-0.05, 0) is 54.9 Å². The van der Waals surface area contributed by atoms with Gasteiger partial charge in [0.1, 0.15) is 11.2 Å². The van der Waals surface area contributed by atoms with Crippen LogP contribution in [0.1, 0.15) is 74.7 Å². The lowest BCUT2D eigenvalue weighted by Gasteiger charge is -2.30. The zero-order valence-corrected chi connectivity index (χ0v) is 20.2. The van der Waals surface area contributed by atoms with Crippen molar-refractivity contribution in [1.82, 2.24) is 21.3 Å². The van der Waals surface area contributed by atoms with E-state index >= 15 is 0 Å². The summed E-state index contributed by atoms with van der Waals surface area (Å²) in [5.74, 6) is -0.502. The Labute approximate surface area is 185 Å². The summed E-state index contributed by atoms with van der Waals surface area (Å²) >= 11 is 0. The summed E-state index contributed by atoms with van der Waals surface area (Å²) in [7, 11) is 0. The number of carbonyl (C=O) groups is 4. The highest BCUT2D eigenvalue weighted by Crippen LogP contribution is 2.09. The van der Waals surface area contributed by atoms with Gasteiger partial charge in [-0.1, -0.05) is 6.92 Å². The number of carbonyl (C=O) groups excluding carboxylic acids is 4. The monoisotopic (exact) mass is 444 g/mol.